The van der Waals surface area contributed by atoms with Crippen LogP contribution in [0.5, 0.6) is 23.5 Å². The van der Waals surface area contributed by atoms with Crippen molar-refractivity contribution in [3.63, 3.8) is 0 Å². The summed E-state index contributed by atoms with van der Waals surface area (Å²) in [5.74, 6) is 1.72. The van der Waals surface area contributed by atoms with Crippen LogP contribution >= 0.6 is 0 Å². The second kappa shape index (κ2) is 7.48. The Morgan fingerprint density at radius 1 is 0.786 bits per heavy atom. The van der Waals surface area contributed by atoms with Crippen molar-refractivity contribution in [3.05, 3.63) is 71.5 Å². The first-order chi connectivity index (χ1) is 13.6. The first kappa shape index (κ1) is 17.7. The van der Waals surface area contributed by atoms with Gasteiger partial charge in [0.1, 0.15) is 5.69 Å². The summed E-state index contributed by atoms with van der Waals surface area (Å²) in [5.41, 5.74) is 4.45. The van der Waals surface area contributed by atoms with Gasteiger partial charge in [-0.3, -0.25) is 5.10 Å². The predicted octanol–water partition coefficient (Wildman–Crippen LogP) is 4.77. The Kier molecular flexibility index (Phi) is 4.72. The van der Waals surface area contributed by atoms with Gasteiger partial charge >= 0.3 is 0 Å². The summed E-state index contributed by atoms with van der Waals surface area (Å²) >= 11 is 0. The second-order valence-corrected chi connectivity index (χ2v) is 6.40. The number of pyridine rings is 3. The Morgan fingerprint density at radius 2 is 1.57 bits per heavy atom. The minimum Gasteiger partial charge on any atom is -0.421 e. The van der Waals surface area contributed by atoms with Gasteiger partial charge in [-0.2, -0.15) is 10.1 Å². The van der Waals surface area contributed by atoms with Gasteiger partial charge in [0.2, 0.25) is 23.5 Å². The highest BCUT2D eigenvalue weighted by molar-refractivity contribution is 5.60. The van der Waals surface area contributed by atoms with Crippen molar-refractivity contribution < 1.29 is 9.47 Å². The van der Waals surface area contributed by atoms with Crippen molar-refractivity contribution in [2.75, 3.05) is 0 Å². The summed E-state index contributed by atoms with van der Waals surface area (Å²) in [6.07, 6.45) is 1.66. The molecular formula is C21H19N5O2. The molecule has 0 saturated heterocycles. The van der Waals surface area contributed by atoms with Crippen molar-refractivity contribution in [2.45, 2.75) is 20.8 Å². The van der Waals surface area contributed by atoms with Crippen LogP contribution < -0.4 is 9.47 Å². The van der Waals surface area contributed by atoms with Crippen LogP contribution in [0.15, 0.2) is 54.7 Å². The highest BCUT2D eigenvalue weighted by Gasteiger charge is 2.13. The molecule has 0 unspecified atom stereocenters. The number of hydrogen-bond donors (Lipinski definition) is 1. The van der Waals surface area contributed by atoms with E-state index in [1.54, 1.807) is 24.4 Å². The molecule has 4 rings (SSSR count). The Balaban J connectivity index is 1.61. The van der Waals surface area contributed by atoms with Crippen molar-refractivity contribution in [3.8, 4) is 34.9 Å². The first-order valence-corrected chi connectivity index (χ1v) is 8.83. The van der Waals surface area contributed by atoms with Crippen molar-refractivity contribution in [2.24, 2.45) is 0 Å². The van der Waals surface area contributed by atoms with Crippen LogP contribution in [-0.2, 0) is 0 Å². The Morgan fingerprint density at radius 3 is 2.29 bits per heavy atom. The number of ether oxygens (including phenoxy) is 2. The molecule has 0 radical (unpaired) electrons. The summed E-state index contributed by atoms with van der Waals surface area (Å²) in [6.45, 7) is 5.90. The normalized spacial score (nSPS) is 10.7. The fourth-order valence-electron chi connectivity index (χ4n) is 2.76. The molecule has 0 aromatic carbocycles. The molecule has 140 valence electrons. The van der Waals surface area contributed by atoms with E-state index in [2.05, 4.69) is 25.1 Å². The number of rotatable bonds is 5. The lowest BCUT2D eigenvalue weighted by atomic mass is 10.1. The lowest BCUT2D eigenvalue weighted by Crippen LogP contribution is -1.98. The molecule has 4 aromatic heterocycles. The molecule has 7 nitrogen and oxygen atoms in total. The van der Waals surface area contributed by atoms with E-state index in [0.717, 1.165) is 28.2 Å². The minimum absolute atomic E-state index is 0.386. The standard InChI is InChI=1S/C21H19N5O2/c1-13-11-14(2)21(24-20(13)16-12-15(3)25-26-16)28-19-9-6-8-18(23-19)27-17-7-4-5-10-22-17/h4-12H,1-3H3,(H,25,26). The van der Waals surface area contributed by atoms with Crippen molar-refractivity contribution in [1.29, 1.82) is 0 Å². The first-order valence-electron chi connectivity index (χ1n) is 8.83. The monoisotopic (exact) mass is 373 g/mol. The maximum atomic E-state index is 5.95. The lowest BCUT2D eigenvalue weighted by molar-refractivity contribution is 0.408. The van der Waals surface area contributed by atoms with E-state index in [4.69, 9.17) is 9.47 Å². The van der Waals surface area contributed by atoms with Gasteiger partial charge in [0.15, 0.2) is 0 Å². The zero-order valence-corrected chi connectivity index (χ0v) is 15.8. The van der Waals surface area contributed by atoms with Gasteiger partial charge < -0.3 is 9.47 Å². The SMILES string of the molecule is Cc1cc(-c2nc(Oc3cccc(Oc4ccccn4)n3)c(C)cc2C)n[nH]1. The minimum atomic E-state index is 0.386. The molecule has 0 fully saturated rings. The molecule has 28 heavy (non-hydrogen) atoms. The van der Waals surface area contributed by atoms with Gasteiger partial charge in [-0.25, -0.2) is 9.97 Å². The average Bonchev–Trinajstić information content (AvgIpc) is 3.11. The van der Waals surface area contributed by atoms with Crippen LogP contribution in [-0.4, -0.2) is 25.1 Å². The van der Waals surface area contributed by atoms with Gasteiger partial charge in [-0.1, -0.05) is 12.1 Å². The lowest BCUT2D eigenvalue weighted by Gasteiger charge is -2.11. The number of H-pyrrole nitrogens is 1. The topological polar surface area (TPSA) is 85.8 Å². The van der Waals surface area contributed by atoms with E-state index < -0.39 is 0 Å². The second-order valence-electron chi connectivity index (χ2n) is 6.40. The third-order valence-corrected chi connectivity index (χ3v) is 4.05. The van der Waals surface area contributed by atoms with E-state index in [9.17, 15) is 0 Å². The molecule has 1 N–H and O–H groups in total. The van der Waals surface area contributed by atoms with Crippen LogP contribution in [0.25, 0.3) is 11.4 Å². The fraction of sp³-hybridized carbons (Fsp3) is 0.143. The molecule has 4 aromatic rings. The molecular weight excluding hydrogens is 354 g/mol. The van der Waals surface area contributed by atoms with E-state index in [1.165, 1.54) is 0 Å². The number of nitrogens with zero attached hydrogens (tertiary/aromatic N) is 4. The number of aryl methyl sites for hydroxylation is 3. The molecule has 0 saturated carbocycles. The van der Waals surface area contributed by atoms with Gasteiger partial charge in [0.25, 0.3) is 0 Å². The average molecular weight is 373 g/mol. The molecule has 0 bridgehead atoms. The fourth-order valence-corrected chi connectivity index (χ4v) is 2.76. The van der Waals surface area contributed by atoms with Gasteiger partial charge in [-0.15, -0.1) is 0 Å². The Hall–Kier alpha value is -3.74. The maximum Gasteiger partial charge on any atom is 0.224 e. The largest absolute Gasteiger partial charge is 0.421 e. The van der Waals surface area contributed by atoms with Crippen LogP contribution in [0.4, 0.5) is 0 Å². The summed E-state index contributed by atoms with van der Waals surface area (Å²) in [4.78, 5) is 13.2. The van der Waals surface area contributed by atoms with Crippen LogP contribution in [0, 0.1) is 20.8 Å². The summed E-state index contributed by atoms with van der Waals surface area (Å²) in [7, 11) is 0. The van der Waals surface area contributed by atoms with Gasteiger partial charge in [0, 0.05) is 35.7 Å². The van der Waals surface area contributed by atoms with E-state index in [-0.39, 0.29) is 0 Å². The number of aromatic nitrogens is 5. The molecule has 0 aliphatic rings. The number of hydrogen-bond acceptors (Lipinski definition) is 6. The quantitative estimate of drug-likeness (QED) is 0.542. The Bertz CT molecular complexity index is 1110. The molecule has 0 atom stereocenters. The summed E-state index contributed by atoms with van der Waals surface area (Å²) in [5, 5.41) is 7.24. The van der Waals surface area contributed by atoms with Gasteiger partial charge in [0.05, 0.1) is 5.69 Å². The number of aromatic amines is 1. The van der Waals surface area contributed by atoms with Crippen molar-refractivity contribution in [1.82, 2.24) is 25.1 Å². The third-order valence-electron chi connectivity index (χ3n) is 4.05. The van der Waals surface area contributed by atoms with Crippen LogP contribution in [0.2, 0.25) is 0 Å². The predicted molar refractivity (Wildman–Crippen MR) is 105 cm³/mol. The molecule has 0 spiro atoms. The van der Waals surface area contributed by atoms with E-state index in [0.29, 0.717) is 23.5 Å². The smallest absolute Gasteiger partial charge is 0.224 e. The Labute approximate surface area is 162 Å². The zero-order valence-electron chi connectivity index (χ0n) is 15.8. The molecule has 0 aliphatic heterocycles. The molecule has 0 aliphatic carbocycles. The van der Waals surface area contributed by atoms with E-state index >= 15 is 0 Å². The molecule has 7 heteroatoms. The van der Waals surface area contributed by atoms with Crippen LogP contribution in [0.1, 0.15) is 16.8 Å². The molecule has 0 amide bonds. The van der Waals surface area contributed by atoms with Gasteiger partial charge in [-0.05, 0) is 44.5 Å². The maximum absolute atomic E-state index is 5.95. The highest BCUT2D eigenvalue weighted by atomic mass is 16.5. The molecule has 4 heterocycles. The summed E-state index contributed by atoms with van der Waals surface area (Å²) < 4.78 is 11.6. The van der Waals surface area contributed by atoms with E-state index in [1.807, 2.05) is 51.1 Å². The van der Waals surface area contributed by atoms with Crippen molar-refractivity contribution >= 4 is 0 Å². The van der Waals surface area contributed by atoms with Crippen LogP contribution in [0.3, 0.4) is 0 Å². The summed E-state index contributed by atoms with van der Waals surface area (Å²) in [6, 6.07) is 14.7. The highest BCUT2D eigenvalue weighted by Crippen LogP contribution is 2.29. The third kappa shape index (κ3) is 3.83. The zero-order chi connectivity index (χ0) is 19.5. The number of nitrogens with one attached hydrogen (secondary N) is 1.